The zero-order valence-corrected chi connectivity index (χ0v) is 31.1. The Hall–Kier alpha value is -6.18. The average Bonchev–Trinajstić information content (AvgIpc) is 3.68. The lowest BCUT2D eigenvalue weighted by Crippen LogP contribution is -2.71. The van der Waals surface area contributed by atoms with Gasteiger partial charge in [-0.2, -0.15) is 0 Å². The SMILES string of the molecule is CC(=O)O.CC(=O)O.CO/N=C(/C(=O)N[C@@H]1C(=O)N2C(C(=O)O)=C(COC(N)=O)CS[C@H]12)c1ccco1.c1ccc(CNCCNCc2ccccc2)cc1. The number of amides is 3. The van der Waals surface area contributed by atoms with Crippen LogP contribution in [0, 0.1) is 0 Å². The van der Waals surface area contributed by atoms with E-state index in [4.69, 9.17) is 30.0 Å². The smallest absolute Gasteiger partial charge is 0.404 e. The summed E-state index contributed by atoms with van der Waals surface area (Å²) >= 11 is 1.21. The molecule has 2 aromatic carbocycles. The van der Waals surface area contributed by atoms with Crippen molar-refractivity contribution in [3.05, 3.63) is 107 Å². The van der Waals surface area contributed by atoms with Gasteiger partial charge in [0, 0.05) is 51.4 Å². The quantitative estimate of drug-likeness (QED) is 0.0534. The number of thioether (sulfide) groups is 1. The number of carboxylic acids is 3. The Labute approximate surface area is 320 Å². The molecule has 18 nitrogen and oxygen atoms in total. The third kappa shape index (κ3) is 16.2. The molecule has 3 amide bonds. The van der Waals surface area contributed by atoms with Crippen LogP contribution < -0.4 is 21.7 Å². The van der Waals surface area contributed by atoms with Gasteiger partial charge in [-0.1, -0.05) is 65.8 Å². The van der Waals surface area contributed by atoms with Gasteiger partial charge in [-0.05, 0) is 23.3 Å². The summed E-state index contributed by atoms with van der Waals surface area (Å²) in [5, 5.41) is 36.7. The number of oxime groups is 1. The molecule has 1 aromatic heterocycles. The molecule has 0 aliphatic carbocycles. The number of ether oxygens (including phenoxy) is 1. The summed E-state index contributed by atoms with van der Waals surface area (Å²) in [6.07, 6.45) is 0.290. The molecule has 0 bridgehead atoms. The summed E-state index contributed by atoms with van der Waals surface area (Å²) in [5.74, 6) is -4.05. The van der Waals surface area contributed by atoms with Crippen LogP contribution in [0.2, 0.25) is 0 Å². The molecule has 0 unspecified atom stereocenters. The highest BCUT2D eigenvalue weighted by atomic mass is 32.2. The Balaban J connectivity index is 0.000000340. The molecular formula is C36H44N6O12S. The van der Waals surface area contributed by atoms with Crippen molar-refractivity contribution in [1.82, 2.24) is 20.9 Å². The Morgan fingerprint density at radius 1 is 0.891 bits per heavy atom. The van der Waals surface area contributed by atoms with Gasteiger partial charge in [0.1, 0.15) is 30.8 Å². The van der Waals surface area contributed by atoms with Crippen LogP contribution in [0.25, 0.3) is 0 Å². The van der Waals surface area contributed by atoms with Crippen LogP contribution in [-0.4, -0.2) is 106 Å². The minimum absolute atomic E-state index is 0.140. The molecule has 3 aromatic rings. The predicted octanol–water partition coefficient (Wildman–Crippen LogP) is 2.21. The first-order valence-electron chi connectivity index (χ1n) is 16.4. The van der Waals surface area contributed by atoms with Crippen molar-refractivity contribution in [1.29, 1.82) is 0 Å². The molecule has 19 heteroatoms. The number of carbonyl (C=O) groups excluding carboxylic acids is 3. The number of β-lactam (4-membered cyclic amide) rings is 1. The fourth-order valence-electron chi connectivity index (χ4n) is 4.70. The number of hydrogen-bond acceptors (Lipinski definition) is 13. The van der Waals surface area contributed by atoms with E-state index >= 15 is 0 Å². The maximum absolute atomic E-state index is 12.6. The number of carbonyl (C=O) groups is 6. The standard InChI is InChI=1S/C16H16N4O8S.C16H20N2.2C2H4O2/c1-26-19-9(8-3-2-4-27-8)12(21)18-10-13(22)20-11(15(23)24)7(5-28-16(17)25)6-29-14(10)20;1-3-7-15(8-4-1)13-17-11-12-18-14-16-9-5-2-6-10-16;2*1-2(3)4/h2-4,10,14H,5-6H2,1H3,(H2,17,25)(H,18,21)(H,23,24);1-10,17-18H,11-14H2;2*1H3,(H,3,4)/b19-9+;;;/t10-,14-;;;/m1.../s1. The number of primary amides is 1. The van der Waals surface area contributed by atoms with Gasteiger partial charge in [-0.25, -0.2) is 9.59 Å². The number of aliphatic carboxylic acids is 3. The number of nitrogens with two attached hydrogens (primary N) is 1. The lowest BCUT2D eigenvalue weighted by Gasteiger charge is -2.49. The van der Waals surface area contributed by atoms with E-state index in [2.05, 4.69) is 79.2 Å². The number of benzene rings is 2. The third-order valence-electron chi connectivity index (χ3n) is 6.90. The monoisotopic (exact) mass is 784 g/mol. The lowest BCUT2D eigenvalue weighted by atomic mass is 10.0. The van der Waals surface area contributed by atoms with Crippen LogP contribution in [0.15, 0.2) is 99.9 Å². The minimum atomic E-state index is -1.35. The summed E-state index contributed by atoms with van der Waals surface area (Å²) < 4.78 is 9.79. The molecule has 5 rings (SSSR count). The summed E-state index contributed by atoms with van der Waals surface area (Å²) in [4.78, 5) is 71.3. The van der Waals surface area contributed by atoms with Gasteiger partial charge < -0.3 is 51.0 Å². The lowest BCUT2D eigenvalue weighted by molar-refractivity contribution is -0.150. The molecule has 1 saturated heterocycles. The van der Waals surface area contributed by atoms with Crippen LogP contribution in [-0.2, 0) is 46.6 Å². The second kappa shape index (κ2) is 24.2. The Morgan fingerprint density at radius 2 is 1.42 bits per heavy atom. The van der Waals surface area contributed by atoms with E-state index in [1.165, 1.54) is 42.3 Å². The number of rotatable bonds is 14. The van der Waals surface area contributed by atoms with E-state index in [1.807, 2.05) is 12.1 Å². The fourth-order valence-corrected chi connectivity index (χ4v) is 6.03. The van der Waals surface area contributed by atoms with Crippen molar-refractivity contribution in [3.8, 4) is 0 Å². The summed E-state index contributed by atoms with van der Waals surface area (Å²) in [6.45, 7) is 5.67. The number of furan rings is 1. The highest BCUT2D eigenvalue weighted by Crippen LogP contribution is 2.40. The molecule has 55 heavy (non-hydrogen) atoms. The molecule has 0 spiro atoms. The van der Waals surface area contributed by atoms with Crippen molar-refractivity contribution < 1.29 is 58.1 Å². The van der Waals surface area contributed by atoms with E-state index < -0.39 is 47.2 Å². The van der Waals surface area contributed by atoms with Crippen molar-refractivity contribution in [2.75, 3.05) is 32.6 Å². The first-order chi connectivity index (χ1) is 26.3. The Bertz CT molecular complexity index is 1710. The van der Waals surface area contributed by atoms with E-state index in [1.54, 1.807) is 6.07 Å². The first kappa shape index (κ1) is 45.0. The van der Waals surface area contributed by atoms with Crippen LogP contribution >= 0.6 is 11.8 Å². The highest BCUT2D eigenvalue weighted by molar-refractivity contribution is 8.00. The molecule has 0 saturated carbocycles. The van der Waals surface area contributed by atoms with Crippen molar-refractivity contribution in [3.63, 3.8) is 0 Å². The fraction of sp³-hybridized carbons (Fsp3) is 0.306. The Kier molecular flexibility index (Phi) is 19.8. The molecule has 2 aliphatic heterocycles. The molecule has 1 fully saturated rings. The van der Waals surface area contributed by atoms with E-state index in [0.29, 0.717) is 0 Å². The summed E-state index contributed by atoms with van der Waals surface area (Å²) in [6, 6.07) is 23.0. The maximum atomic E-state index is 12.6. The van der Waals surface area contributed by atoms with E-state index in [-0.39, 0.29) is 35.1 Å². The molecular weight excluding hydrogens is 740 g/mol. The second-order valence-corrected chi connectivity index (χ2v) is 12.3. The largest absolute Gasteiger partial charge is 0.481 e. The van der Waals surface area contributed by atoms with Gasteiger partial charge in [0.05, 0.1) is 6.26 Å². The van der Waals surface area contributed by atoms with Crippen LogP contribution in [0.1, 0.15) is 30.7 Å². The van der Waals surface area contributed by atoms with Crippen molar-refractivity contribution >= 4 is 53.3 Å². The zero-order valence-electron chi connectivity index (χ0n) is 30.3. The van der Waals surface area contributed by atoms with Gasteiger partial charge in [0.25, 0.3) is 23.8 Å². The van der Waals surface area contributed by atoms with Gasteiger partial charge in [0.2, 0.25) is 5.71 Å². The van der Waals surface area contributed by atoms with Crippen LogP contribution in [0.3, 0.4) is 0 Å². The van der Waals surface area contributed by atoms with Crippen LogP contribution in [0.5, 0.6) is 0 Å². The van der Waals surface area contributed by atoms with E-state index in [9.17, 15) is 24.3 Å². The molecule has 296 valence electrons. The van der Waals surface area contributed by atoms with Gasteiger partial charge >= 0.3 is 12.1 Å². The van der Waals surface area contributed by atoms with Gasteiger partial charge in [-0.3, -0.25) is 24.1 Å². The summed E-state index contributed by atoms with van der Waals surface area (Å²) in [5.41, 5.74) is 7.34. The number of carboxylic acid groups (broad SMARTS) is 3. The molecule has 3 heterocycles. The first-order valence-corrected chi connectivity index (χ1v) is 17.5. The predicted molar refractivity (Wildman–Crippen MR) is 200 cm³/mol. The van der Waals surface area contributed by atoms with E-state index in [0.717, 1.165) is 44.9 Å². The third-order valence-corrected chi connectivity index (χ3v) is 8.24. The topological polar surface area (TPSA) is 272 Å². The average molecular weight is 785 g/mol. The number of nitrogens with zero attached hydrogens (tertiary/aromatic N) is 2. The molecule has 2 atom stereocenters. The van der Waals surface area contributed by atoms with Crippen molar-refractivity contribution in [2.45, 2.75) is 38.4 Å². The second-order valence-electron chi connectivity index (χ2n) is 11.2. The number of hydrogen-bond donors (Lipinski definition) is 7. The van der Waals surface area contributed by atoms with Gasteiger partial charge in [-0.15, -0.1) is 11.8 Å². The number of fused-ring (bicyclic) bond motifs is 1. The normalized spacial score (nSPS) is 15.5. The minimum Gasteiger partial charge on any atom is -0.481 e. The molecule has 8 N–H and O–H groups in total. The maximum Gasteiger partial charge on any atom is 0.404 e. The van der Waals surface area contributed by atoms with Gasteiger partial charge in [0.15, 0.2) is 5.76 Å². The Morgan fingerprint density at radius 3 is 1.85 bits per heavy atom. The van der Waals surface area contributed by atoms with Crippen molar-refractivity contribution in [2.24, 2.45) is 10.9 Å². The highest BCUT2D eigenvalue weighted by Gasteiger charge is 2.54. The molecule has 0 radical (unpaired) electrons. The number of nitrogens with one attached hydrogen (secondary N) is 3. The summed E-state index contributed by atoms with van der Waals surface area (Å²) in [7, 11) is 1.25. The van der Waals surface area contributed by atoms with Crippen LogP contribution in [0.4, 0.5) is 4.79 Å². The zero-order chi connectivity index (χ0) is 40.8. The molecule has 2 aliphatic rings.